The van der Waals surface area contributed by atoms with Crippen LogP contribution in [0.3, 0.4) is 0 Å². The van der Waals surface area contributed by atoms with Crippen molar-refractivity contribution in [1.82, 2.24) is 0 Å². The Morgan fingerprint density at radius 3 is 2.76 bits per heavy atom. The van der Waals surface area contributed by atoms with Gasteiger partial charge in [0.05, 0.1) is 17.9 Å². The summed E-state index contributed by atoms with van der Waals surface area (Å²) in [5.74, 6) is 3.71. The number of carboxylic acid groups (broad SMARTS) is 1. The van der Waals surface area contributed by atoms with E-state index in [9.17, 15) is 4.79 Å². The summed E-state index contributed by atoms with van der Waals surface area (Å²) in [4.78, 5) is 14.8. The van der Waals surface area contributed by atoms with E-state index in [1.807, 2.05) is 47.4 Å². The molecule has 0 bridgehead atoms. The molecule has 0 amide bonds. The third kappa shape index (κ3) is 2.85. The zero-order chi connectivity index (χ0) is 14.8. The van der Waals surface area contributed by atoms with E-state index in [1.54, 1.807) is 11.8 Å². The van der Waals surface area contributed by atoms with Gasteiger partial charge in [-0.2, -0.15) is 0 Å². The largest absolute Gasteiger partial charge is 0.472 e. The van der Waals surface area contributed by atoms with Crippen LogP contribution in [0.5, 0.6) is 0 Å². The molecule has 2 aromatic rings. The van der Waals surface area contributed by atoms with Gasteiger partial charge in [0.2, 0.25) is 0 Å². The molecule has 0 spiro atoms. The predicted molar refractivity (Wildman–Crippen MR) is 84.4 cm³/mol. The quantitative estimate of drug-likeness (QED) is 0.807. The molecule has 0 radical (unpaired) electrons. The maximum Gasteiger partial charge on any atom is 0.381 e. The first-order valence-electron chi connectivity index (χ1n) is 6.21. The third-order valence-electron chi connectivity index (χ3n) is 3.02. The minimum atomic E-state index is -1.12. The molecule has 2 aromatic carbocycles. The van der Waals surface area contributed by atoms with E-state index in [4.69, 9.17) is 16.7 Å². The molecule has 21 heavy (non-hydrogen) atoms. The van der Waals surface area contributed by atoms with Crippen LogP contribution >= 0.6 is 23.4 Å². The highest BCUT2D eigenvalue weighted by Gasteiger charge is 2.22. The SMILES string of the molecule is O=C(O)C#CCN1c2ccccc2Sc2ccc(Cl)cc21. The van der Waals surface area contributed by atoms with Gasteiger partial charge in [-0.3, -0.25) is 0 Å². The predicted octanol–water partition coefficient (Wildman–Crippen LogP) is 4.03. The maximum absolute atomic E-state index is 10.6. The molecule has 1 aliphatic heterocycles. The number of hydrogen-bond donors (Lipinski definition) is 1. The van der Waals surface area contributed by atoms with Crippen LogP contribution in [0.25, 0.3) is 0 Å². The Bertz CT molecular complexity index is 779. The summed E-state index contributed by atoms with van der Waals surface area (Å²) in [7, 11) is 0. The van der Waals surface area contributed by atoms with Crippen LogP contribution in [0.2, 0.25) is 5.02 Å². The second-order valence-corrected chi connectivity index (χ2v) is 5.90. The zero-order valence-corrected chi connectivity index (χ0v) is 12.4. The first kappa shape index (κ1) is 13.9. The number of carboxylic acids is 1. The van der Waals surface area contributed by atoms with E-state index in [1.165, 1.54) is 0 Å². The van der Waals surface area contributed by atoms with Crippen molar-refractivity contribution in [2.24, 2.45) is 0 Å². The molecule has 0 aliphatic carbocycles. The molecule has 1 aliphatic rings. The zero-order valence-electron chi connectivity index (χ0n) is 10.8. The molecule has 3 nitrogen and oxygen atoms in total. The van der Waals surface area contributed by atoms with Crippen molar-refractivity contribution in [3.63, 3.8) is 0 Å². The van der Waals surface area contributed by atoms with Crippen LogP contribution in [-0.4, -0.2) is 17.6 Å². The average molecular weight is 316 g/mol. The van der Waals surface area contributed by atoms with Crippen LogP contribution in [0.4, 0.5) is 11.4 Å². The van der Waals surface area contributed by atoms with Crippen molar-refractivity contribution in [2.45, 2.75) is 9.79 Å². The van der Waals surface area contributed by atoms with Crippen LogP contribution < -0.4 is 4.90 Å². The lowest BCUT2D eigenvalue weighted by atomic mass is 10.2. The highest BCUT2D eigenvalue weighted by molar-refractivity contribution is 7.99. The first-order chi connectivity index (χ1) is 10.1. The van der Waals surface area contributed by atoms with Gasteiger partial charge in [-0.25, -0.2) is 4.79 Å². The number of para-hydroxylation sites is 1. The molecule has 0 fully saturated rings. The van der Waals surface area contributed by atoms with Gasteiger partial charge >= 0.3 is 5.97 Å². The highest BCUT2D eigenvalue weighted by Crippen LogP contribution is 2.48. The molecule has 0 atom stereocenters. The molecule has 104 valence electrons. The summed E-state index contributed by atoms with van der Waals surface area (Å²) in [6.45, 7) is 0.303. The molecule has 0 saturated carbocycles. The Morgan fingerprint density at radius 1 is 1.19 bits per heavy atom. The summed E-state index contributed by atoms with van der Waals surface area (Å²) in [5, 5.41) is 9.30. The molecule has 0 unspecified atom stereocenters. The molecule has 0 saturated heterocycles. The van der Waals surface area contributed by atoms with Crippen molar-refractivity contribution in [3.05, 3.63) is 47.5 Å². The van der Waals surface area contributed by atoms with Crippen LogP contribution in [0.15, 0.2) is 52.3 Å². The minimum Gasteiger partial charge on any atom is -0.472 e. The Kier molecular flexibility index (Phi) is 3.78. The van der Waals surface area contributed by atoms with E-state index in [2.05, 4.69) is 11.8 Å². The number of nitrogens with zero attached hydrogens (tertiary/aromatic N) is 1. The van der Waals surface area contributed by atoms with E-state index in [-0.39, 0.29) is 0 Å². The van der Waals surface area contributed by atoms with Gasteiger partial charge in [-0.05, 0) is 30.3 Å². The van der Waals surface area contributed by atoms with Crippen LogP contribution in [-0.2, 0) is 4.79 Å². The first-order valence-corrected chi connectivity index (χ1v) is 7.40. The van der Waals surface area contributed by atoms with Crippen molar-refractivity contribution >= 4 is 40.7 Å². The average Bonchev–Trinajstić information content (AvgIpc) is 2.46. The van der Waals surface area contributed by atoms with Gasteiger partial charge in [0.1, 0.15) is 0 Å². The summed E-state index contributed by atoms with van der Waals surface area (Å²) >= 11 is 7.76. The number of rotatable bonds is 1. The van der Waals surface area contributed by atoms with Gasteiger partial charge < -0.3 is 10.0 Å². The van der Waals surface area contributed by atoms with E-state index in [0.29, 0.717) is 11.6 Å². The smallest absolute Gasteiger partial charge is 0.381 e. The van der Waals surface area contributed by atoms with Crippen molar-refractivity contribution in [2.75, 3.05) is 11.4 Å². The number of hydrogen-bond acceptors (Lipinski definition) is 3. The second-order valence-electron chi connectivity index (χ2n) is 4.37. The van der Waals surface area contributed by atoms with Crippen molar-refractivity contribution in [1.29, 1.82) is 0 Å². The monoisotopic (exact) mass is 315 g/mol. The van der Waals surface area contributed by atoms with E-state index >= 15 is 0 Å². The highest BCUT2D eigenvalue weighted by atomic mass is 35.5. The van der Waals surface area contributed by atoms with Crippen LogP contribution in [0.1, 0.15) is 0 Å². The van der Waals surface area contributed by atoms with Gasteiger partial charge in [0, 0.05) is 20.7 Å². The lowest BCUT2D eigenvalue weighted by Crippen LogP contribution is -2.21. The maximum atomic E-state index is 10.6. The Labute approximate surface area is 131 Å². The van der Waals surface area contributed by atoms with Crippen molar-refractivity contribution in [3.8, 4) is 11.8 Å². The van der Waals surface area contributed by atoms with Crippen LogP contribution in [0, 0.1) is 11.8 Å². The normalized spacial score (nSPS) is 12.0. The lowest BCUT2D eigenvalue weighted by molar-refractivity contribution is -0.130. The third-order valence-corrected chi connectivity index (χ3v) is 4.39. The molecule has 5 heteroatoms. The summed E-state index contributed by atoms with van der Waals surface area (Å²) < 4.78 is 0. The second kappa shape index (κ2) is 5.72. The number of aliphatic carboxylic acids is 1. The number of carbonyl (C=O) groups is 1. The molecule has 1 N–H and O–H groups in total. The summed E-state index contributed by atoms with van der Waals surface area (Å²) in [6.07, 6.45) is 0. The van der Waals surface area contributed by atoms with Crippen molar-refractivity contribution < 1.29 is 9.90 Å². The lowest BCUT2D eigenvalue weighted by Gasteiger charge is -2.31. The minimum absolute atomic E-state index is 0.303. The van der Waals surface area contributed by atoms with E-state index < -0.39 is 5.97 Å². The number of benzene rings is 2. The Hall–Kier alpha value is -2.09. The topological polar surface area (TPSA) is 40.5 Å². The molecular weight excluding hydrogens is 306 g/mol. The van der Waals surface area contributed by atoms with Gasteiger partial charge in [-0.15, -0.1) is 0 Å². The molecule has 0 aromatic heterocycles. The number of anilines is 2. The standard InChI is InChI=1S/C16H10ClNO2S/c17-11-7-8-15-13(10-11)18(9-3-6-16(19)20)12-4-1-2-5-14(12)21-15/h1-2,4-5,7-8,10H,9H2,(H,19,20). The fourth-order valence-corrected chi connectivity index (χ4v) is 3.41. The van der Waals surface area contributed by atoms with Gasteiger partial charge in [0.25, 0.3) is 0 Å². The number of halogens is 1. The molecule has 1 heterocycles. The Morgan fingerprint density at radius 2 is 1.95 bits per heavy atom. The molecular formula is C16H10ClNO2S. The summed E-state index contributed by atoms with van der Waals surface area (Å²) in [6, 6.07) is 13.7. The van der Waals surface area contributed by atoms with E-state index in [0.717, 1.165) is 21.2 Å². The van der Waals surface area contributed by atoms with Gasteiger partial charge in [0.15, 0.2) is 0 Å². The van der Waals surface area contributed by atoms with Gasteiger partial charge in [-0.1, -0.05) is 41.4 Å². The summed E-state index contributed by atoms with van der Waals surface area (Å²) in [5.41, 5.74) is 1.96. The fraction of sp³-hybridized carbons (Fsp3) is 0.0625. The number of fused-ring (bicyclic) bond motifs is 2. The Balaban J connectivity index is 2.07. The molecule has 3 rings (SSSR count). The fourth-order valence-electron chi connectivity index (χ4n) is 2.17.